The van der Waals surface area contributed by atoms with Gasteiger partial charge in [-0.05, 0) is 20.8 Å². The number of carbonyl (C=O) groups excluding carboxylic acids is 1. The Balaban J connectivity index is 6.47. The third-order valence-electron chi connectivity index (χ3n) is 3.41. The maximum absolute atomic E-state index is 13.7. The number of halogens is 6. The van der Waals surface area contributed by atoms with Gasteiger partial charge in [0.25, 0.3) is 0 Å². The van der Waals surface area contributed by atoms with Crippen molar-refractivity contribution in [3.05, 3.63) is 12.2 Å². The molecule has 4 nitrogen and oxygen atoms in total. The maximum Gasteiger partial charge on any atom is 0.430 e. The van der Waals surface area contributed by atoms with E-state index in [1.807, 2.05) is 0 Å². The Morgan fingerprint density at radius 2 is 1.40 bits per heavy atom. The van der Waals surface area contributed by atoms with Crippen LogP contribution in [0.15, 0.2) is 12.2 Å². The fourth-order valence-corrected chi connectivity index (χ4v) is 2.14. The summed E-state index contributed by atoms with van der Waals surface area (Å²) in [7, 11) is 0.912. The van der Waals surface area contributed by atoms with Crippen LogP contribution in [0, 0.1) is 5.92 Å². The van der Waals surface area contributed by atoms with Crippen molar-refractivity contribution < 1.29 is 45.3 Å². The number of carbonyl (C=O) groups is 1. The lowest BCUT2D eigenvalue weighted by Crippen LogP contribution is -2.72. The number of alkyl halides is 6. The van der Waals surface area contributed by atoms with E-state index >= 15 is 0 Å². The van der Waals surface area contributed by atoms with E-state index in [9.17, 15) is 31.1 Å². The molecule has 0 spiro atoms. The van der Waals surface area contributed by atoms with Gasteiger partial charge in [-0.15, -0.1) is 0 Å². The zero-order valence-corrected chi connectivity index (χ0v) is 14.8. The molecule has 0 aromatic rings. The average molecular weight is 380 g/mol. The van der Waals surface area contributed by atoms with Crippen LogP contribution in [0.5, 0.6) is 0 Å². The molecule has 25 heavy (non-hydrogen) atoms. The van der Waals surface area contributed by atoms with Gasteiger partial charge in [0, 0.05) is 18.6 Å². The Kier molecular flexibility index (Phi) is 7.14. The Morgan fingerprint density at radius 1 is 1.00 bits per heavy atom. The van der Waals surface area contributed by atoms with Crippen LogP contribution in [-0.2, 0) is 19.0 Å². The number of hydrogen-bond acceptors (Lipinski definition) is 4. The Morgan fingerprint density at radius 3 is 1.64 bits per heavy atom. The first-order chi connectivity index (χ1) is 10.9. The summed E-state index contributed by atoms with van der Waals surface area (Å²) in [5.41, 5.74) is -8.34. The van der Waals surface area contributed by atoms with Gasteiger partial charge in [0.1, 0.15) is 0 Å². The second-order valence-corrected chi connectivity index (χ2v) is 6.32. The van der Waals surface area contributed by atoms with E-state index in [0.717, 1.165) is 14.0 Å². The normalized spacial score (nSPS) is 15.2. The molecule has 0 N–H and O–H groups in total. The molecule has 0 radical (unpaired) electrons. The van der Waals surface area contributed by atoms with Crippen molar-refractivity contribution in [2.75, 3.05) is 7.11 Å². The predicted octanol–water partition coefficient (Wildman–Crippen LogP) is 4.39. The highest BCUT2D eigenvalue weighted by Crippen LogP contribution is 2.54. The molecule has 0 amide bonds. The molecule has 0 aliphatic carbocycles. The summed E-state index contributed by atoms with van der Waals surface area (Å²) in [4.78, 5) is 11.6. The molecule has 1 atom stereocenters. The smallest absolute Gasteiger partial charge is 0.430 e. The van der Waals surface area contributed by atoms with Crippen molar-refractivity contribution in [2.24, 2.45) is 5.92 Å². The fourth-order valence-electron chi connectivity index (χ4n) is 2.14. The van der Waals surface area contributed by atoms with Crippen LogP contribution < -0.4 is 0 Å². The van der Waals surface area contributed by atoms with Gasteiger partial charge in [0.05, 0.1) is 0 Å². The second-order valence-electron chi connectivity index (χ2n) is 6.32. The Labute approximate surface area is 142 Å². The summed E-state index contributed by atoms with van der Waals surface area (Å²) in [5.74, 6) is -2.26. The SMILES string of the molecule is C=C(C)C(=O)OC(C)(C)C(OC(OC)C(C)C)(C(F)(F)F)C(F)(F)F. The molecule has 0 bridgehead atoms. The van der Waals surface area contributed by atoms with Gasteiger partial charge in [0.2, 0.25) is 0 Å². The Bertz CT molecular complexity index is 479. The van der Waals surface area contributed by atoms with Crippen LogP contribution in [0.4, 0.5) is 26.3 Å². The predicted molar refractivity (Wildman–Crippen MR) is 76.5 cm³/mol. The topological polar surface area (TPSA) is 44.8 Å². The maximum atomic E-state index is 13.7. The standard InChI is InChI=1S/C15H22F6O4/c1-8(2)10(22)24-12(5,6)13(14(16,17)18,15(19,20)21)25-11(23-7)9(3)4/h9,11H,1H2,2-7H3. The first-order valence-corrected chi connectivity index (χ1v) is 7.17. The third kappa shape index (κ3) is 4.66. The van der Waals surface area contributed by atoms with Crippen LogP contribution in [0.3, 0.4) is 0 Å². The summed E-state index contributed by atoms with van der Waals surface area (Å²) in [6.45, 7) is 7.82. The number of hydrogen-bond donors (Lipinski definition) is 0. The van der Waals surface area contributed by atoms with Gasteiger partial charge in [0.15, 0.2) is 11.9 Å². The molecular formula is C15H22F6O4. The van der Waals surface area contributed by atoms with Gasteiger partial charge < -0.3 is 14.2 Å². The molecule has 0 saturated heterocycles. The summed E-state index contributed by atoms with van der Waals surface area (Å²) in [5, 5.41) is 0. The van der Waals surface area contributed by atoms with E-state index in [1.165, 1.54) is 13.8 Å². The molecule has 0 aliphatic heterocycles. The molecule has 0 aliphatic rings. The lowest BCUT2D eigenvalue weighted by Gasteiger charge is -2.48. The molecule has 0 fully saturated rings. The average Bonchev–Trinajstić information content (AvgIpc) is 2.34. The molecular weight excluding hydrogens is 358 g/mol. The Hall–Kier alpha value is -1.29. The summed E-state index contributed by atoms with van der Waals surface area (Å²) >= 11 is 0. The zero-order chi connectivity index (χ0) is 20.4. The molecule has 148 valence electrons. The van der Waals surface area contributed by atoms with Crippen LogP contribution in [0.25, 0.3) is 0 Å². The zero-order valence-electron chi connectivity index (χ0n) is 14.8. The number of esters is 1. The highest BCUT2D eigenvalue weighted by atomic mass is 19.4. The van der Waals surface area contributed by atoms with Gasteiger partial charge in [-0.2, -0.15) is 26.3 Å². The third-order valence-corrected chi connectivity index (χ3v) is 3.41. The van der Waals surface area contributed by atoms with Crippen LogP contribution in [-0.4, -0.2) is 42.9 Å². The van der Waals surface area contributed by atoms with Crippen molar-refractivity contribution in [3.8, 4) is 0 Å². The number of ether oxygens (including phenoxy) is 3. The van der Waals surface area contributed by atoms with Crippen molar-refractivity contribution in [2.45, 2.75) is 64.5 Å². The molecule has 0 heterocycles. The molecule has 0 rings (SSSR count). The van der Waals surface area contributed by atoms with E-state index in [-0.39, 0.29) is 5.57 Å². The lowest BCUT2D eigenvalue weighted by atomic mass is 9.83. The van der Waals surface area contributed by atoms with Gasteiger partial charge in [-0.1, -0.05) is 20.4 Å². The van der Waals surface area contributed by atoms with Crippen molar-refractivity contribution in [1.29, 1.82) is 0 Å². The van der Waals surface area contributed by atoms with E-state index in [1.54, 1.807) is 0 Å². The van der Waals surface area contributed by atoms with E-state index < -0.39 is 41.7 Å². The molecule has 1 unspecified atom stereocenters. The van der Waals surface area contributed by atoms with Crippen LogP contribution >= 0.6 is 0 Å². The summed E-state index contributed by atoms with van der Waals surface area (Å²) < 4.78 is 95.5. The second kappa shape index (κ2) is 7.53. The fraction of sp³-hybridized carbons (Fsp3) is 0.800. The van der Waals surface area contributed by atoms with Crippen molar-refractivity contribution in [3.63, 3.8) is 0 Å². The summed E-state index contributed by atoms with van der Waals surface area (Å²) in [6.07, 6.45) is -13.8. The highest BCUT2D eigenvalue weighted by molar-refractivity contribution is 5.87. The molecule has 10 heteroatoms. The number of methoxy groups -OCH3 is 1. The van der Waals surface area contributed by atoms with Gasteiger partial charge in [-0.25, -0.2) is 4.79 Å². The van der Waals surface area contributed by atoms with Crippen LogP contribution in [0.2, 0.25) is 0 Å². The largest absolute Gasteiger partial charge is 0.452 e. The summed E-state index contributed by atoms with van der Waals surface area (Å²) in [6, 6.07) is 0. The first-order valence-electron chi connectivity index (χ1n) is 7.17. The molecule has 0 saturated carbocycles. The van der Waals surface area contributed by atoms with E-state index in [0.29, 0.717) is 13.8 Å². The van der Waals surface area contributed by atoms with Gasteiger partial charge in [-0.3, -0.25) is 0 Å². The quantitative estimate of drug-likeness (QED) is 0.284. The minimum absolute atomic E-state index is 0.363. The van der Waals surface area contributed by atoms with Gasteiger partial charge >= 0.3 is 23.9 Å². The first kappa shape index (κ1) is 23.7. The van der Waals surface area contributed by atoms with Crippen molar-refractivity contribution in [1.82, 2.24) is 0 Å². The molecule has 0 aromatic heterocycles. The molecule has 0 aromatic carbocycles. The monoisotopic (exact) mass is 380 g/mol. The van der Waals surface area contributed by atoms with Crippen molar-refractivity contribution >= 4 is 5.97 Å². The van der Waals surface area contributed by atoms with E-state index in [2.05, 4.69) is 20.8 Å². The van der Waals surface area contributed by atoms with Crippen LogP contribution in [0.1, 0.15) is 34.6 Å². The lowest BCUT2D eigenvalue weighted by molar-refractivity contribution is -0.445. The highest BCUT2D eigenvalue weighted by Gasteiger charge is 2.81. The number of rotatable bonds is 7. The minimum atomic E-state index is -5.96. The van der Waals surface area contributed by atoms with E-state index in [4.69, 9.17) is 0 Å². The minimum Gasteiger partial charge on any atom is -0.452 e.